The van der Waals surface area contributed by atoms with Crippen molar-refractivity contribution in [3.05, 3.63) is 23.9 Å². The summed E-state index contributed by atoms with van der Waals surface area (Å²) in [5.41, 5.74) is 3.20. The SMILES string of the molecule is CC1COCCN1c1cc(C(C)(C)CO)c2snc(-c3ccn[nH]3)c2n1. The molecule has 1 saturated heterocycles. The van der Waals surface area contributed by atoms with E-state index in [2.05, 4.69) is 32.5 Å². The van der Waals surface area contributed by atoms with Crippen molar-refractivity contribution in [2.45, 2.75) is 32.2 Å². The molecule has 0 radical (unpaired) electrons. The monoisotopic (exact) mass is 373 g/mol. The maximum atomic E-state index is 9.96. The van der Waals surface area contributed by atoms with Gasteiger partial charge in [-0.2, -0.15) is 9.47 Å². The molecule has 0 amide bonds. The van der Waals surface area contributed by atoms with E-state index in [4.69, 9.17) is 9.72 Å². The highest BCUT2D eigenvalue weighted by Crippen LogP contribution is 2.38. The lowest BCUT2D eigenvalue weighted by Gasteiger charge is -2.35. The van der Waals surface area contributed by atoms with Crippen molar-refractivity contribution in [3.8, 4) is 11.4 Å². The van der Waals surface area contributed by atoms with E-state index in [-0.39, 0.29) is 18.1 Å². The van der Waals surface area contributed by atoms with Crippen LogP contribution in [0.1, 0.15) is 26.3 Å². The zero-order valence-corrected chi connectivity index (χ0v) is 16.0. The summed E-state index contributed by atoms with van der Waals surface area (Å²) in [4.78, 5) is 7.23. The normalized spacial score (nSPS) is 18.6. The highest BCUT2D eigenvalue weighted by Gasteiger charge is 2.29. The van der Waals surface area contributed by atoms with Crippen LogP contribution in [-0.4, -0.2) is 57.1 Å². The van der Waals surface area contributed by atoms with Gasteiger partial charge in [-0.25, -0.2) is 4.98 Å². The molecule has 3 aromatic rings. The van der Waals surface area contributed by atoms with Gasteiger partial charge < -0.3 is 14.7 Å². The first-order chi connectivity index (χ1) is 12.5. The van der Waals surface area contributed by atoms with E-state index in [1.165, 1.54) is 11.5 Å². The van der Waals surface area contributed by atoms with Crippen molar-refractivity contribution >= 4 is 27.6 Å². The van der Waals surface area contributed by atoms with Gasteiger partial charge in [0.25, 0.3) is 0 Å². The Bertz CT molecular complexity index is 906. The molecule has 0 saturated carbocycles. The third-order valence-electron chi connectivity index (χ3n) is 4.95. The predicted octanol–water partition coefficient (Wildman–Crippen LogP) is 2.58. The van der Waals surface area contributed by atoms with Crippen LogP contribution in [0.2, 0.25) is 0 Å². The van der Waals surface area contributed by atoms with E-state index >= 15 is 0 Å². The fourth-order valence-corrected chi connectivity index (χ4v) is 4.30. The summed E-state index contributed by atoms with van der Waals surface area (Å²) in [6.45, 7) is 8.47. The number of aromatic amines is 1. The zero-order valence-electron chi connectivity index (χ0n) is 15.2. The maximum Gasteiger partial charge on any atom is 0.130 e. The summed E-state index contributed by atoms with van der Waals surface area (Å²) in [5, 5.41) is 17.0. The molecule has 2 N–H and O–H groups in total. The Morgan fingerprint density at radius 2 is 2.31 bits per heavy atom. The molecular weight excluding hydrogens is 350 g/mol. The molecule has 1 atom stereocenters. The van der Waals surface area contributed by atoms with Gasteiger partial charge in [-0.05, 0) is 36.2 Å². The number of nitrogens with zero attached hydrogens (tertiary/aromatic N) is 4. The van der Waals surface area contributed by atoms with Crippen LogP contribution in [0.15, 0.2) is 18.3 Å². The third kappa shape index (κ3) is 2.87. The number of ether oxygens (including phenoxy) is 1. The Kier molecular flexibility index (Phi) is 4.42. The van der Waals surface area contributed by atoms with Gasteiger partial charge in [-0.3, -0.25) is 5.10 Å². The number of hydrogen-bond donors (Lipinski definition) is 2. The minimum absolute atomic E-state index is 0.0571. The van der Waals surface area contributed by atoms with E-state index < -0.39 is 0 Å². The standard InChI is InChI=1S/C18H23N5O2S/c1-11-9-25-7-6-23(11)14-8-12(18(2,3)10-24)17-16(20-14)15(22-26-17)13-4-5-19-21-13/h4-5,8,11,24H,6-7,9-10H2,1-3H3,(H,19,21). The number of aromatic nitrogens is 4. The summed E-state index contributed by atoms with van der Waals surface area (Å²) in [6.07, 6.45) is 1.72. The fourth-order valence-electron chi connectivity index (χ4n) is 3.27. The minimum atomic E-state index is -0.386. The van der Waals surface area contributed by atoms with Crippen LogP contribution < -0.4 is 4.90 Å². The highest BCUT2D eigenvalue weighted by atomic mass is 32.1. The van der Waals surface area contributed by atoms with Crippen molar-refractivity contribution in [1.82, 2.24) is 19.6 Å². The zero-order chi connectivity index (χ0) is 18.3. The number of hydrogen-bond acceptors (Lipinski definition) is 7. The molecule has 0 spiro atoms. The number of anilines is 1. The van der Waals surface area contributed by atoms with Gasteiger partial charge in [0.1, 0.15) is 17.0 Å². The van der Waals surface area contributed by atoms with Crippen molar-refractivity contribution in [2.75, 3.05) is 31.3 Å². The summed E-state index contributed by atoms with van der Waals surface area (Å²) >= 11 is 1.42. The second kappa shape index (κ2) is 6.61. The molecule has 7 nitrogen and oxygen atoms in total. The topological polar surface area (TPSA) is 87.2 Å². The molecule has 4 rings (SSSR count). The van der Waals surface area contributed by atoms with Gasteiger partial charge in [0.05, 0.1) is 36.3 Å². The second-order valence-corrected chi connectivity index (χ2v) is 8.14. The summed E-state index contributed by atoms with van der Waals surface area (Å²) < 4.78 is 11.2. The second-order valence-electron chi connectivity index (χ2n) is 7.37. The minimum Gasteiger partial charge on any atom is -0.395 e. The molecule has 0 aliphatic carbocycles. The first-order valence-electron chi connectivity index (χ1n) is 8.77. The Hall–Kier alpha value is -2.03. The van der Waals surface area contributed by atoms with Crippen LogP contribution in [0, 0.1) is 0 Å². The number of rotatable bonds is 4. The number of fused-ring (bicyclic) bond motifs is 1. The average Bonchev–Trinajstić information content (AvgIpc) is 3.30. The molecule has 0 bridgehead atoms. The molecule has 8 heteroatoms. The number of aliphatic hydroxyl groups excluding tert-OH is 1. The van der Waals surface area contributed by atoms with Crippen molar-refractivity contribution in [2.24, 2.45) is 0 Å². The Balaban J connectivity index is 1.94. The highest BCUT2D eigenvalue weighted by molar-refractivity contribution is 7.13. The Morgan fingerprint density at radius 1 is 1.46 bits per heavy atom. The van der Waals surface area contributed by atoms with Crippen LogP contribution in [-0.2, 0) is 10.2 Å². The molecule has 1 aliphatic rings. The van der Waals surface area contributed by atoms with Crippen molar-refractivity contribution in [3.63, 3.8) is 0 Å². The Labute approximate surface area is 156 Å². The number of aliphatic hydroxyl groups is 1. The predicted molar refractivity (Wildman–Crippen MR) is 103 cm³/mol. The van der Waals surface area contributed by atoms with Gasteiger partial charge in [-0.1, -0.05) is 13.8 Å². The molecular formula is C18H23N5O2S. The van der Waals surface area contributed by atoms with Crippen LogP contribution in [0.4, 0.5) is 5.82 Å². The smallest absolute Gasteiger partial charge is 0.130 e. The molecule has 1 unspecified atom stereocenters. The van der Waals surface area contributed by atoms with Crippen molar-refractivity contribution in [1.29, 1.82) is 0 Å². The number of H-pyrrole nitrogens is 1. The molecule has 1 aliphatic heterocycles. The lowest BCUT2D eigenvalue weighted by Crippen LogP contribution is -2.44. The van der Waals surface area contributed by atoms with E-state index in [0.29, 0.717) is 13.2 Å². The van der Waals surface area contributed by atoms with Gasteiger partial charge in [0.15, 0.2) is 0 Å². The van der Waals surface area contributed by atoms with Gasteiger partial charge >= 0.3 is 0 Å². The van der Waals surface area contributed by atoms with Crippen LogP contribution >= 0.6 is 11.5 Å². The Morgan fingerprint density at radius 3 is 3.00 bits per heavy atom. The lowest BCUT2D eigenvalue weighted by atomic mass is 9.85. The number of pyridine rings is 1. The molecule has 1 fully saturated rings. The quantitative estimate of drug-likeness (QED) is 0.731. The van der Waals surface area contributed by atoms with Crippen LogP contribution in [0.25, 0.3) is 21.6 Å². The fraction of sp³-hybridized carbons (Fsp3) is 0.500. The van der Waals surface area contributed by atoms with Crippen LogP contribution in [0.3, 0.4) is 0 Å². The summed E-state index contributed by atoms with van der Waals surface area (Å²) in [6, 6.07) is 4.26. The first-order valence-corrected chi connectivity index (χ1v) is 9.54. The van der Waals surface area contributed by atoms with E-state index in [0.717, 1.165) is 39.5 Å². The van der Waals surface area contributed by atoms with Gasteiger partial charge in [-0.15, -0.1) is 0 Å². The molecule has 4 heterocycles. The molecule has 138 valence electrons. The van der Waals surface area contributed by atoms with E-state index in [9.17, 15) is 5.11 Å². The van der Waals surface area contributed by atoms with E-state index in [1.807, 2.05) is 19.9 Å². The number of nitrogens with one attached hydrogen (secondary N) is 1. The lowest BCUT2D eigenvalue weighted by molar-refractivity contribution is 0.0985. The largest absolute Gasteiger partial charge is 0.395 e. The van der Waals surface area contributed by atoms with Gasteiger partial charge in [0, 0.05) is 18.2 Å². The van der Waals surface area contributed by atoms with Gasteiger partial charge in [0.2, 0.25) is 0 Å². The maximum absolute atomic E-state index is 9.96. The first kappa shape index (κ1) is 17.4. The molecule has 26 heavy (non-hydrogen) atoms. The summed E-state index contributed by atoms with van der Waals surface area (Å²) in [5.74, 6) is 0.908. The van der Waals surface area contributed by atoms with E-state index in [1.54, 1.807) is 6.20 Å². The van der Waals surface area contributed by atoms with Crippen LogP contribution in [0.5, 0.6) is 0 Å². The summed E-state index contributed by atoms with van der Waals surface area (Å²) in [7, 11) is 0. The molecule has 3 aromatic heterocycles. The van der Waals surface area contributed by atoms with Crippen molar-refractivity contribution < 1.29 is 9.84 Å². The average molecular weight is 373 g/mol. The number of morpholine rings is 1. The third-order valence-corrected chi connectivity index (χ3v) is 5.82. The molecule has 0 aromatic carbocycles.